The number of rotatable bonds is 8. The molecule has 5 rings (SSSR count). The van der Waals surface area contributed by atoms with Crippen LogP contribution in [-0.2, 0) is 27.5 Å². The van der Waals surface area contributed by atoms with Gasteiger partial charge in [0.05, 0.1) is 12.1 Å². The predicted molar refractivity (Wildman–Crippen MR) is 140 cm³/mol. The molecular formula is C29H25N3O5. The fourth-order valence-corrected chi connectivity index (χ4v) is 4.20. The van der Waals surface area contributed by atoms with Gasteiger partial charge >= 0.3 is 6.09 Å². The molecule has 1 aromatic heterocycles. The van der Waals surface area contributed by atoms with Crippen LogP contribution in [0.3, 0.4) is 0 Å². The smallest absolute Gasteiger partial charge is 0.414 e. The van der Waals surface area contributed by atoms with Gasteiger partial charge in [0.1, 0.15) is 19.0 Å². The first-order valence-corrected chi connectivity index (χ1v) is 11.8. The summed E-state index contributed by atoms with van der Waals surface area (Å²) in [7, 11) is 1.65. The number of benzene rings is 3. The topological polar surface area (TPSA) is 89.9 Å². The van der Waals surface area contributed by atoms with E-state index in [4.69, 9.17) is 9.47 Å². The van der Waals surface area contributed by atoms with Gasteiger partial charge < -0.3 is 14.0 Å². The molecular weight excluding hydrogens is 470 g/mol. The van der Waals surface area contributed by atoms with Crippen molar-refractivity contribution in [1.82, 2.24) is 9.88 Å². The first kappa shape index (κ1) is 23.9. The number of aromatic nitrogens is 1. The van der Waals surface area contributed by atoms with Gasteiger partial charge in [-0.3, -0.25) is 19.8 Å². The van der Waals surface area contributed by atoms with Crippen LogP contribution >= 0.6 is 0 Å². The zero-order valence-electron chi connectivity index (χ0n) is 20.2. The Morgan fingerprint density at radius 3 is 2.41 bits per heavy atom. The number of nitrogens with one attached hydrogen (secondary N) is 1. The van der Waals surface area contributed by atoms with Crippen molar-refractivity contribution >= 4 is 40.1 Å². The lowest BCUT2D eigenvalue weighted by Crippen LogP contribution is -2.28. The number of carbonyl (C=O) groups is 3. The van der Waals surface area contributed by atoms with Crippen LogP contribution in [0.5, 0.6) is 5.75 Å². The van der Waals surface area contributed by atoms with Gasteiger partial charge in [0, 0.05) is 41.5 Å². The second-order valence-electron chi connectivity index (χ2n) is 8.57. The van der Waals surface area contributed by atoms with Crippen LogP contribution in [0.2, 0.25) is 0 Å². The van der Waals surface area contributed by atoms with E-state index < -0.39 is 17.9 Å². The number of imide groups is 1. The highest BCUT2D eigenvalue weighted by Gasteiger charge is 2.25. The number of fused-ring (bicyclic) bond motifs is 1. The second kappa shape index (κ2) is 10.4. The number of anilines is 1. The number of carbonyl (C=O) groups excluding carboxylic acids is 3. The minimum atomic E-state index is -0.469. The van der Waals surface area contributed by atoms with E-state index in [1.54, 1.807) is 13.2 Å². The van der Waals surface area contributed by atoms with Crippen LogP contribution in [0.4, 0.5) is 10.5 Å². The molecule has 0 spiro atoms. The molecule has 1 aliphatic heterocycles. The average Bonchev–Trinajstić information content (AvgIpc) is 3.45. The summed E-state index contributed by atoms with van der Waals surface area (Å²) < 4.78 is 13.4. The summed E-state index contributed by atoms with van der Waals surface area (Å²) >= 11 is 0. The summed E-state index contributed by atoms with van der Waals surface area (Å²) in [5, 5.41) is 3.06. The maximum absolute atomic E-state index is 12.5. The second-order valence-corrected chi connectivity index (χ2v) is 8.57. The molecule has 1 aliphatic rings. The lowest BCUT2D eigenvalue weighted by Gasteiger charge is -2.17. The van der Waals surface area contributed by atoms with Crippen molar-refractivity contribution in [2.75, 3.05) is 18.6 Å². The minimum Gasteiger partial charge on any atom is -0.489 e. The van der Waals surface area contributed by atoms with Crippen LogP contribution in [0.15, 0.2) is 91.1 Å². The summed E-state index contributed by atoms with van der Waals surface area (Å²) in [5.41, 5.74) is 3.48. The van der Waals surface area contributed by atoms with Gasteiger partial charge in [-0.15, -0.1) is 0 Å². The number of hydrogen-bond acceptors (Lipinski definition) is 5. The Hall–Kier alpha value is -4.85. The molecule has 0 fully saturated rings. The minimum absolute atomic E-state index is 0.121. The van der Waals surface area contributed by atoms with E-state index in [1.165, 1.54) is 11.0 Å². The highest BCUT2D eigenvalue weighted by Crippen LogP contribution is 2.32. The van der Waals surface area contributed by atoms with Crippen molar-refractivity contribution in [3.8, 4) is 5.75 Å². The fraction of sp³-hybridized carbons (Fsp3) is 0.138. The van der Waals surface area contributed by atoms with Crippen molar-refractivity contribution in [2.24, 2.45) is 0 Å². The molecule has 0 aliphatic carbocycles. The van der Waals surface area contributed by atoms with Gasteiger partial charge in [0.25, 0.3) is 11.8 Å². The Kier molecular flexibility index (Phi) is 6.72. The standard InChI is InChI=1S/C29H25N3O5/c1-31(21-10-6-3-7-11-21)29(35)36-15-14-32-18-25(24-17-27(33)30-28(24)34)23-16-22(12-13-26(23)32)37-19-20-8-4-2-5-9-20/h2-13,16-18H,14-15,19H2,1H3,(H,30,33,34). The maximum Gasteiger partial charge on any atom is 0.414 e. The largest absolute Gasteiger partial charge is 0.489 e. The van der Waals surface area contributed by atoms with E-state index in [-0.39, 0.29) is 12.2 Å². The highest BCUT2D eigenvalue weighted by atomic mass is 16.6. The predicted octanol–water partition coefficient (Wildman–Crippen LogP) is 4.53. The number of hydrogen-bond donors (Lipinski definition) is 1. The van der Waals surface area contributed by atoms with Gasteiger partial charge in [-0.1, -0.05) is 48.5 Å². The Labute approximate surface area is 213 Å². The van der Waals surface area contributed by atoms with Crippen molar-refractivity contribution in [1.29, 1.82) is 0 Å². The van der Waals surface area contributed by atoms with E-state index in [0.717, 1.165) is 22.2 Å². The van der Waals surface area contributed by atoms with Gasteiger partial charge in [0.15, 0.2) is 0 Å². The Bertz CT molecular complexity index is 1490. The fourth-order valence-electron chi connectivity index (χ4n) is 4.20. The molecule has 4 aromatic rings. The van der Waals surface area contributed by atoms with Crippen molar-refractivity contribution in [3.05, 3.63) is 102 Å². The van der Waals surface area contributed by atoms with Crippen LogP contribution in [0, 0.1) is 0 Å². The van der Waals surface area contributed by atoms with E-state index in [9.17, 15) is 14.4 Å². The molecule has 8 nitrogen and oxygen atoms in total. The first-order valence-electron chi connectivity index (χ1n) is 11.8. The van der Waals surface area contributed by atoms with Crippen LogP contribution in [-0.4, -0.2) is 36.1 Å². The molecule has 1 N–H and O–H groups in total. The molecule has 0 unspecified atom stereocenters. The SMILES string of the molecule is CN(C(=O)OCCn1cc(C2=CC(=O)NC2=O)c2cc(OCc3ccccc3)ccc21)c1ccccc1. The van der Waals surface area contributed by atoms with Crippen molar-refractivity contribution in [2.45, 2.75) is 13.2 Å². The molecule has 186 valence electrons. The lowest BCUT2D eigenvalue weighted by molar-refractivity contribution is -0.123. The summed E-state index contributed by atoms with van der Waals surface area (Å²) in [6.07, 6.45) is 2.63. The molecule has 3 aromatic carbocycles. The van der Waals surface area contributed by atoms with Crippen molar-refractivity contribution in [3.63, 3.8) is 0 Å². The van der Waals surface area contributed by atoms with Crippen LogP contribution in [0.1, 0.15) is 11.1 Å². The number of para-hydroxylation sites is 1. The molecule has 2 heterocycles. The van der Waals surface area contributed by atoms with E-state index in [0.29, 0.717) is 24.5 Å². The monoisotopic (exact) mass is 495 g/mol. The third-order valence-electron chi connectivity index (χ3n) is 6.12. The summed E-state index contributed by atoms with van der Waals surface area (Å²) in [4.78, 5) is 38.2. The van der Waals surface area contributed by atoms with E-state index in [2.05, 4.69) is 5.32 Å². The molecule has 37 heavy (non-hydrogen) atoms. The number of amides is 3. The molecule has 0 bridgehead atoms. The average molecular weight is 496 g/mol. The molecule has 0 atom stereocenters. The Morgan fingerprint density at radius 2 is 1.70 bits per heavy atom. The van der Waals surface area contributed by atoms with Gasteiger partial charge in [-0.2, -0.15) is 0 Å². The lowest BCUT2D eigenvalue weighted by atomic mass is 10.1. The van der Waals surface area contributed by atoms with Gasteiger partial charge in [0.2, 0.25) is 0 Å². The van der Waals surface area contributed by atoms with Gasteiger partial charge in [-0.05, 0) is 35.9 Å². The third kappa shape index (κ3) is 5.23. The number of nitrogens with zero attached hydrogens (tertiary/aromatic N) is 2. The zero-order chi connectivity index (χ0) is 25.8. The Morgan fingerprint density at radius 1 is 0.973 bits per heavy atom. The third-order valence-corrected chi connectivity index (χ3v) is 6.12. The highest BCUT2D eigenvalue weighted by molar-refractivity contribution is 6.35. The molecule has 3 amide bonds. The van der Waals surface area contributed by atoms with Crippen LogP contribution < -0.4 is 15.0 Å². The zero-order valence-corrected chi connectivity index (χ0v) is 20.2. The quantitative estimate of drug-likeness (QED) is 0.363. The van der Waals surface area contributed by atoms with Crippen molar-refractivity contribution < 1.29 is 23.9 Å². The first-order chi connectivity index (χ1) is 18.0. The summed E-state index contributed by atoms with van der Waals surface area (Å²) in [5.74, 6) is -0.262. The van der Waals surface area contributed by atoms with E-state index >= 15 is 0 Å². The number of ether oxygens (including phenoxy) is 2. The molecule has 8 heteroatoms. The molecule has 0 saturated carbocycles. The molecule has 0 saturated heterocycles. The summed E-state index contributed by atoms with van der Waals surface area (Å²) in [6, 6.07) is 24.7. The van der Waals surface area contributed by atoms with Gasteiger partial charge in [-0.25, -0.2) is 4.79 Å². The van der Waals surface area contributed by atoms with E-state index in [1.807, 2.05) is 83.4 Å². The summed E-state index contributed by atoms with van der Waals surface area (Å²) in [6.45, 7) is 0.878. The van der Waals surface area contributed by atoms with Crippen LogP contribution in [0.25, 0.3) is 16.5 Å². The molecule has 0 radical (unpaired) electrons. The maximum atomic E-state index is 12.5. The normalized spacial score (nSPS) is 12.8. The Balaban J connectivity index is 1.37.